The standard InChI is InChI=1S/C12H13BrN2/c1-2-14-8-9-5-6-11(13)10-4-3-7-15-12(9)10/h3-7,14H,2,8H2,1H3. The van der Waals surface area contributed by atoms with Gasteiger partial charge in [0.05, 0.1) is 5.52 Å². The van der Waals surface area contributed by atoms with Crippen LogP contribution in [0.25, 0.3) is 10.9 Å². The van der Waals surface area contributed by atoms with Crippen molar-refractivity contribution in [1.29, 1.82) is 0 Å². The maximum absolute atomic E-state index is 4.42. The SMILES string of the molecule is CCNCc1ccc(Br)c2cccnc12. The summed E-state index contributed by atoms with van der Waals surface area (Å²) in [6, 6.07) is 8.24. The number of hydrogen-bond acceptors (Lipinski definition) is 2. The van der Waals surface area contributed by atoms with Crippen LogP contribution in [0.5, 0.6) is 0 Å². The van der Waals surface area contributed by atoms with Gasteiger partial charge < -0.3 is 5.32 Å². The van der Waals surface area contributed by atoms with Crippen LogP contribution in [-0.4, -0.2) is 11.5 Å². The first kappa shape index (κ1) is 10.6. The smallest absolute Gasteiger partial charge is 0.0758 e. The van der Waals surface area contributed by atoms with Crippen LogP contribution >= 0.6 is 15.9 Å². The Morgan fingerprint density at radius 1 is 1.33 bits per heavy atom. The molecular formula is C12H13BrN2. The van der Waals surface area contributed by atoms with Crippen molar-refractivity contribution in [2.75, 3.05) is 6.54 Å². The Hall–Kier alpha value is -0.930. The second-order valence-electron chi connectivity index (χ2n) is 3.39. The molecule has 15 heavy (non-hydrogen) atoms. The summed E-state index contributed by atoms with van der Waals surface area (Å²) < 4.78 is 1.10. The summed E-state index contributed by atoms with van der Waals surface area (Å²) in [4.78, 5) is 4.42. The number of benzene rings is 1. The molecule has 0 saturated heterocycles. The van der Waals surface area contributed by atoms with Gasteiger partial charge in [-0.05, 0) is 24.2 Å². The van der Waals surface area contributed by atoms with Crippen LogP contribution in [-0.2, 0) is 6.54 Å². The van der Waals surface area contributed by atoms with Crippen molar-refractivity contribution in [3.8, 4) is 0 Å². The molecule has 0 radical (unpaired) electrons. The fourth-order valence-corrected chi connectivity index (χ4v) is 2.05. The second-order valence-corrected chi connectivity index (χ2v) is 4.24. The Morgan fingerprint density at radius 3 is 3.00 bits per heavy atom. The van der Waals surface area contributed by atoms with Gasteiger partial charge in [0.15, 0.2) is 0 Å². The molecule has 0 saturated carbocycles. The highest BCUT2D eigenvalue weighted by atomic mass is 79.9. The highest BCUT2D eigenvalue weighted by Gasteiger charge is 2.04. The number of pyridine rings is 1. The van der Waals surface area contributed by atoms with Crippen LogP contribution < -0.4 is 5.32 Å². The number of rotatable bonds is 3. The normalized spacial score (nSPS) is 10.8. The molecule has 2 rings (SSSR count). The third-order valence-electron chi connectivity index (χ3n) is 2.37. The molecule has 3 heteroatoms. The fraction of sp³-hybridized carbons (Fsp3) is 0.250. The molecule has 0 aliphatic rings. The van der Waals surface area contributed by atoms with Crippen LogP contribution in [0.3, 0.4) is 0 Å². The molecule has 0 amide bonds. The van der Waals surface area contributed by atoms with E-state index in [1.165, 1.54) is 10.9 Å². The summed E-state index contributed by atoms with van der Waals surface area (Å²) in [5, 5.41) is 4.49. The van der Waals surface area contributed by atoms with Crippen LogP contribution in [0.15, 0.2) is 34.9 Å². The van der Waals surface area contributed by atoms with E-state index in [9.17, 15) is 0 Å². The van der Waals surface area contributed by atoms with E-state index in [1.54, 1.807) is 0 Å². The van der Waals surface area contributed by atoms with E-state index in [0.717, 1.165) is 23.1 Å². The molecule has 0 aliphatic heterocycles. The van der Waals surface area contributed by atoms with Crippen molar-refractivity contribution >= 4 is 26.8 Å². The molecule has 0 spiro atoms. The van der Waals surface area contributed by atoms with Gasteiger partial charge in [-0.1, -0.05) is 35.0 Å². The van der Waals surface area contributed by atoms with Gasteiger partial charge in [0.1, 0.15) is 0 Å². The van der Waals surface area contributed by atoms with Crippen LogP contribution in [0.2, 0.25) is 0 Å². The lowest BCUT2D eigenvalue weighted by Crippen LogP contribution is -2.12. The van der Waals surface area contributed by atoms with Gasteiger partial charge in [-0.3, -0.25) is 4.98 Å². The predicted molar refractivity (Wildman–Crippen MR) is 66.8 cm³/mol. The Balaban J connectivity index is 2.51. The number of aromatic nitrogens is 1. The van der Waals surface area contributed by atoms with E-state index in [0.29, 0.717) is 0 Å². The van der Waals surface area contributed by atoms with Crippen LogP contribution in [0.1, 0.15) is 12.5 Å². The first-order chi connectivity index (χ1) is 7.33. The highest BCUT2D eigenvalue weighted by Crippen LogP contribution is 2.24. The average molecular weight is 265 g/mol. The first-order valence-corrected chi connectivity index (χ1v) is 5.85. The fourth-order valence-electron chi connectivity index (χ4n) is 1.60. The minimum absolute atomic E-state index is 0.872. The van der Waals surface area contributed by atoms with E-state index in [1.807, 2.05) is 12.3 Å². The van der Waals surface area contributed by atoms with Gasteiger partial charge in [-0.2, -0.15) is 0 Å². The van der Waals surface area contributed by atoms with Crippen molar-refractivity contribution in [2.45, 2.75) is 13.5 Å². The molecule has 1 aromatic carbocycles. The number of nitrogens with zero attached hydrogens (tertiary/aromatic N) is 1. The predicted octanol–water partition coefficient (Wildman–Crippen LogP) is 3.11. The zero-order valence-electron chi connectivity index (χ0n) is 8.63. The van der Waals surface area contributed by atoms with Crippen molar-refractivity contribution < 1.29 is 0 Å². The third kappa shape index (κ3) is 2.19. The summed E-state index contributed by atoms with van der Waals surface area (Å²) in [5.74, 6) is 0. The van der Waals surface area contributed by atoms with Crippen molar-refractivity contribution in [1.82, 2.24) is 10.3 Å². The molecule has 0 fully saturated rings. The largest absolute Gasteiger partial charge is 0.313 e. The molecule has 1 aromatic heterocycles. The third-order valence-corrected chi connectivity index (χ3v) is 3.06. The van der Waals surface area contributed by atoms with Gasteiger partial charge in [0.25, 0.3) is 0 Å². The van der Waals surface area contributed by atoms with Gasteiger partial charge >= 0.3 is 0 Å². The van der Waals surface area contributed by atoms with E-state index in [4.69, 9.17) is 0 Å². The van der Waals surface area contributed by atoms with Crippen molar-refractivity contribution in [3.05, 3.63) is 40.5 Å². The van der Waals surface area contributed by atoms with E-state index in [2.05, 4.69) is 51.4 Å². The van der Waals surface area contributed by atoms with Gasteiger partial charge in [0.2, 0.25) is 0 Å². The molecule has 1 N–H and O–H groups in total. The maximum atomic E-state index is 4.42. The zero-order valence-corrected chi connectivity index (χ0v) is 10.2. The quantitative estimate of drug-likeness (QED) is 0.922. The van der Waals surface area contributed by atoms with Crippen LogP contribution in [0, 0.1) is 0 Å². The highest BCUT2D eigenvalue weighted by molar-refractivity contribution is 9.10. The zero-order chi connectivity index (χ0) is 10.7. The number of hydrogen-bond donors (Lipinski definition) is 1. The number of nitrogens with one attached hydrogen (secondary N) is 1. The summed E-state index contributed by atoms with van der Waals surface area (Å²) in [6.07, 6.45) is 1.84. The molecule has 0 aliphatic carbocycles. The van der Waals surface area contributed by atoms with Crippen molar-refractivity contribution in [3.63, 3.8) is 0 Å². The molecule has 0 bridgehead atoms. The Kier molecular flexibility index (Phi) is 3.34. The molecule has 0 unspecified atom stereocenters. The molecular weight excluding hydrogens is 252 g/mol. The maximum Gasteiger partial charge on any atom is 0.0758 e. The first-order valence-electron chi connectivity index (χ1n) is 5.05. The lowest BCUT2D eigenvalue weighted by Gasteiger charge is -2.07. The van der Waals surface area contributed by atoms with Crippen molar-refractivity contribution in [2.24, 2.45) is 0 Å². The lowest BCUT2D eigenvalue weighted by molar-refractivity contribution is 0.729. The minimum atomic E-state index is 0.872. The van der Waals surface area contributed by atoms with E-state index < -0.39 is 0 Å². The summed E-state index contributed by atoms with van der Waals surface area (Å²) in [7, 11) is 0. The Bertz CT molecular complexity index is 468. The minimum Gasteiger partial charge on any atom is -0.313 e. The number of fused-ring (bicyclic) bond motifs is 1. The Labute approximate surface area is 97.8 Å². The van der Waals surface area contributed by atoms with Gasteiger partial charge in [-0.25, -0.2) is 0 Å². The van der Waals surface area contributed by atoms with Crippen LogP contribution in [0.4, 0.5) is 0 Å². The summed E-state index contributed by atoms with van der Waals surface area (Å²) in [6.45, 7) is 3.95. The van der Waals surface area contributed by atoms with E-state index >= 15 is 0 Å². The molecule has 2 nitrogen and oxygen atoms in total. The molecule has 0 atom stereocenters. The summed E-state index contributed by atoms with van der Waals surface area (Å²) in [5.41, 5.74) is 2.32. The van der Waals surface area contributed by atoms with Gasteiger partial charge in [0, 0.05) is 22.6 Å². The summed E-state index contributed by atoms with van der Waals surface area (Å²) >= 11 is 3.54. The molecule has 1 heterocycles. The topological polar surface area (TPSA) is 24.9 Å². The van der Waals surface area contributed by atoms with Gasteiger partial charge in [-0.15, -0.1) is 0 Å². The second kappa shape index (κ2) is 4.73. The molecule has 2 aromatic rings. The monoisotopic (exact) mass is 264 g/mol. The lowest BCUT2D eigenvalue weighted by atomic mass is 10.1. The molecule has 78 valence electrons. The Morgan fingerprint density at radius 2 is 2.20 bits per heavy atom. The van der Waals surface area contributed by atoms with E-state index in [-0.39, 0.29) is 0 Å². The average Bonchev–Trinajstić information content (AvgIpc) is 2.29. The number of halogens is 1.